The zero-order valence-corrected chi connectivity index (χ0v) is 18.0. The molecule has 2 aromatic carbocycles. The molecule has 1 spiro atoms. The molecule has 2 N–H and O–H groups in total. The Morgan fingerprint density at radius 1 is 1.22 bits per heavy atom. The van der Waals surface area contributed by atoms with E-state index in [0.717, 1.165) is 37.5 Å². The zero-order chi connectivity index (χ0) is 21.7. The second-order valence-electron chi connectivity index (χ2n) is 9.55. The van der Waals surface area contributed by atoms with E-state index in [1.807, 2.05) is 36.4 Å². The van der Waals surface area contributed by atoms with Crippen LogP contribution in [0.15, 0.2) is 54.6 Å². The maximum atomic E-state index is 12.4. The number of phenols is 1. The molecule has 2 aliphatic carbocycles. The molecule has 2 aromatic rings. The molecule has 6 heteroatoms. The molecule has 1 amide bonds. The molecule has 0 saturated heterocycles. The van der Waals surface area contributed by atoms with Crippen molar-refractivity contribution in [3.05, 3.63) is 65.7 Å². The fourth-order valence-corrected chi connectivity index (χ4v) is 5.55. The molecular formula is C26H28N2O4. The summed E-state index contributed by atoms with van der Waals surface area (Å²) in [5.74, 6) is 1.64. The number of phenolic OH excluding ortho intramolecular Hbond substituents is 1. The van der Waals surface area contributed by atoms with Crippen LogP contribution < -0.4 is 10.1 Å². The van der Waals surface area contributed by atoms with Crippen LogP contribution in [0.1, 0.15) is 36.8 Å². The van der Waals surface area contributed by atoms with Crippen molar-refractivity contribution in [1.82, 2.24) is 4.90 Å². The molecular weight excluding hydrogens is 404 g/mol. The minimum Gasteiger partial charge on any atom is -0.504 e. The quantitative estimate of drug-likeness (QED) is 0.692. The van der Waals surface area contributed by atoms with Crippen LogP contribution in [-0.2, 0) is 16.7 Å². The molecule has 0 unspecified atom stereocenters. The average molecular weight is 433 g/mol. The fraction of sp³-hybridized carbons (Fsp3) is 0.423. The predicted molar refractivity (Wildman–Crippen MR) is 121 cm³/mol. The Morgan fingerprint density at radius 2 is 2.06 bits per heavy atom. The molecule has 32 heavy (non-hydrogen) atoms. The van der Waals surface area contributed by atoms with Crippen LogP contribution in [0.4, 0.5) is 10.5 Å². The molecule has 0 bridgehead atoms. The lowest BCUT2D eigenvalue weighted by Gasteiger charge is -2.36. The third-order valence-electron chi connectivity index (χ3n) is 7.31. The summed E-state index contributed by atoms with van der Waals surface area (Å²) < 4.78 is 12.0. The minimum atomic E-state index is -0.475. The van der Waals surface area contributed by atoms with Gasteiger partial charge in [-0.15, -0.1) is 0 Å². The molecule has 6 rings (SSSR count). The number of nitrogens with zero attached hydrogens (tertiary/aromatic N) is 1. The lowest BCUT2D eigenvalue weighted by atomic mass is 9.69. The van der Waals surface area contributed by atoms with Gasteiger partial charge in [-0.1, -0.05) is 30.3 Å². The number of aromatic hydroxyl groups is 1. The minimum absolute atomic E-state index is 0.162. The van der Waals surface area contributed by atoms with Crippen LogP contribution in [0.2, 0.25) is 0 Å². The molecule has 2 heterocycles. The van der Waals surface area contributed by atoms with E-state index in [4.69, 9.17) is 9.47 Å². The summed E-state index contributed by atoms with van der Waals surface area (Å²) in [4.78, 5) is 15.0. The molecule has 2 aliphatic heterocycles. The number of hydrogen-bond acceptors (Lipinski definition) is 5. The summed E-state index contributed by atoms with van der Waals surface area (Å²) in [5, 5.41) is 13.3. The second-order valence-corrected chi connectivity index (χ2v) is 9.55. The Labute approximate surface area is 187 Å². The smallest absolute Gasteiger partial charge is 0.412 e. The van der Waals surface area contributed by atoms with Crippen molar-refractivity contribution >= 4 is 11.8 Å². The number of anilines is 1. The summed E-state index contributed by atoms with van der Waals surface area (Å²) in [5.41, 5.74) is 2.79. The van der Waals surface area contributed by atoms with Gasteiger partial charge < -0.3 is 14.6 Å². The number of carbonyl (C=O) groups excluding carboxylic acids is 1. The number of benzene rings is 2. The number of rotatable bonds is 4. The van der Waals surface area contributed by atoms with Crippen molar-refractivity contribution in [2.75, 3.05) is 18.4 Å². The van der Waals surface area contributed by atoms with Crippen molar-refractivity contribution in [3.8, 4) is 11.5 Å². The Hall–Kier alpha value is -2.99. The lowest BCUT2D eigenvalue weighted by molar-refractivity contribution is 0.0659. The van der Waals surface area contributed by atoms with Gasteiger partial charge in [-0.3, -0.25) is 10.2 Å². The van der Waals surface area contributed by atoms with E-state index in [9.17, 15) is 9.90 Å². The Bertz CT molecular complexity index is 1060. The molecule has 1 saturated carbocycles. The molecule has 1 fully saturated rings. The van der Waals surface area contributed by atoms with Crippen LogP contribution in [0.3, 0.4) is 0 Å². The topological polar surface area (TPSA) is 71.0 Å². The van der Waals surface area contributed by atoms with Gasteiger partial charge in [-0.05, 0) is 61.6 Å². The summed E-state index contributed by atoms with van der Waals surface area (Å²) in [7, 11) is 0. The number of ether oxygens (including phenoxy) is 2. The van der Waals surface area contributed by atoms with Crippen molar-refractivity contribution in [2.24, 2.45) is 5.92 Å². The number of hydrogen-bond donors (Lipinski definition) is 2. The number of amides is 1. The van der Waals surface area contributed by atoms with Gasteiger partial charge in [-0.2, -0.15) is 0 Å². The van der Waals surface area contributed by atoms with Crippen LogP contribution in [-0.4, -0.2) is 41.4 Å². The van der Waals surface area contributed by atoms with Gasteiger partial charge in [0, 0.05) is 30.8 Å². The van der Waals surface area contributed by atoms with Gasteiger partial charge in [0.2, 0.25) is 0 Å². The summed E-state index contributed by atoms with van der Waals surface area (Å²) >= 11 is 0. The van der Waals surface area contributed by atoms with E-state index in [0.29, 0.717) is 17.9 Å². The number of nitrogens with one attached hydrogen (secondary N) is 1. The molecule has 6 nitrogen and oxygen atoms in total. The van der Waals surface area contributed by atoms with E-state index in [1.54, 1.807) is 6.07 Å². The third kappa shape index (κ3) is 3.43. The first-order valence-corrected chi connectivity index (χ1v) is 11.6. The Balaban J connectivity index is 1.25. The largest absolute Gasteiger partial charge is 0.504 e. The first-order valence-electron chi connectivity index (χ1n) is 11.6. The average Bonchev–Trinajstić information content (AvgIpc) is 3.56. The van der Waals surface area contributed by atoms with Crippen molar-refractivity contribution in [2.45, 2.75) is 49.9 Å². The Morgan fingerprint density at radius 3 is 2.88 bits per heavy atom. The highest BCUT2D eigenvalue weighted by atomic mass is 16.6. The highest BCUT2D eigenvalue weighted by Crippen LogP contribution is 2.55. The van der Waals surface area contributed by atoms with Crippen LogP contribution in [0.25, 0.3) is 0 Å². The zero-order valence-electron chi connectivity index (χ0n) is 18.0. The van der Waals surface area contributed by atoms with Gasteiger partial charge >= 0.3 is 6.09 Å². The van der Waals surface area contributed by atoms with E-state index in [2.05, 4.69) is 22.4 Å². The van der Waals surface area contributed by atoms with E-state index < -0.39 is 6.09 Å². The van der Waals surface area contributed by atoms with Crippen LogP contribution in [0.5, 0.6) is 11.5 Å². The number of para-hydroxylation sites is 1. The van der Waals surface area contributed by atoms with Gasteiger partial charge in [0.15, 0.2) is 11.5 Å². The monoisotopic (exact) mass is 432 g/mol. The maximum Gasteiger partial charge on any atom is 0.412 e. The second kappa shape index (κ2) is 7.55. The summed E-state index contributed by atoms with van der Waals surface area (Å²) in [6.07, 6.45) is 7.35. The first-order chi connectivity index (χ1) is 15.6. The molecule has 166 valence electrons. The highest BCUT2D eigenvalue weighted by molar-refractivity contribution is 5.84. The predicted octanol–water partition coefficient (Wildman–Crippen LogP) is 4.58. The molecule has 3 atom stereocenters. The van der Waals surface area contributed by atoms with Crippen molar-refractivity contribution < 1.29 is 19.4 Å². The fourth-order valence-electron chi connectivity index (χ4n) is 5.55. The van der Waals surface area contributed by atoms with E-state index >= 15 is 0 Å². The van der Waals surface area contributed by atoms with E-state index in [1.165, 1.54) is 18.4 Å². The summed E-state index contributed by atoms with van der Waals surface area (Å²) in [6.45, 7) is 3.03. The molecule has 0 aromatic heterocycles. The van der Waals surface area contributed by atoms with Crippen molar-refractivity contribution in [3.63, 3.8) is 0 Å². The van der Waals surface area contributed by atoms with Crippen LogP contribution in [0, 0.1) is 5.92 Å². The van der Waals surface area contributed by atoms with Gasteiger partial charge in [0.1, 0.15) is 12.2 Å². The highest BCUT2D eigenvalue weighted by Gasteiger charge is 2.53. The lowest BCUT2D eigenvalue weighted by Crippen LogP contribution is -2.44. The maximum absolute atomic E-state index is 12.4. The third-order valence-corrected chi connectivity index (χ3v) is 7.31. The molecule has 4 aliphatic rings. The van der Waals surface area contributed by atoms with Gasteiger partial charge in [-0.25, -0.2) is 4.79 Å². The standard InChI is InChI=1S/C26H28N2O4/c29-21-9-8-18-16-28(15-17-6-7-17)13-12-26-11-10-20(14-22(26)32-24(21)23(18)26)31-25(30)27-19-4-2-1-3-5-19/h1-5,8-11,17,20,22,29H,6-7,12-16H2,(H,27,30)/t20-,22-,26-/m0/s1. The normalized spacial score (nSPS) is 28.2. The van der Waals surface area contributed by atoms with Gasteiger partial charge in [0.25, 0.3) is 0 Å². The SMILES string of the molecule is O=C(Nc1ccccc1)O[C@H]1C=C[C@@]23CCN(CC4CC4)Cc4ccc(O)c(c42)O[C@H]3C1. The van der Waals surface area contributed by atoms with E-state index in [-0.39, 0.29) is 23.4 Å². The van der Waals surface area contributed by atoms with Gasteiger partial charge in [0.05, 0.1) is 5.41 Å². The van der Waals surface area contributed by atoms with Crippen LogP contribution >= 0.6 is 0 Å². The van der Waals surface area contributed by atoms with Crippen molar-refractivity contribution in [1.29, 1.82) is 0 Å². The number of carbonyl (C=O) groups is 1. The first kappa shape index (κ1) is 19.7. The Kier molecular flexibility index (Phi) is 4.65. The summed E-state index contributed by atoms with van der Waals surface area (Å²) in [6, 6.07) is 13.1. The molecule has 0 radical (unpaired) electrons.